The number of benzene rings is 2. The molecule has 0 saturated carbocycles. The molecule has 0 saturated heterocycles. The monoisotopic (exact) mass is 447 g/mol. The normalized spacial score (nSPS) is 14.1. The lowest BCUT2D eigenvalue weighted by atomic mass is 10.1. The zero-order valence-electron chi connectivity index (χ0n) is 9.96. The molecule has 0 spiro atoms. The summed E-state index contributed by atoms with van der Waals surface area (Å²) in [4.78, 5) is 4.42. The molecule has 0 atom stereocenters. The van der Waals surface area contributed by atoms with Crippen LogP contribution in [0.15, 0.2) is 44.3 Å². The topological polar surface area (TPSA) is 41.0 Å². The van der Waals surface area contributed by atoms with E-state index in [9.17, 15) is 0 Å². The first-order chi connectivity index (χ1) is 8.75. The van der Waals surface area contributed by atoms with Gasteiger partial charge in [-0.3, -0.25) is 10.6 Å². The molecule has 1 aliphatic rings. The maximum atomic E-state index is 4.42. The number of fused-ring (bicyclic) bond motifs is 1. The average molecular weight is 450 g/mol. The van der Waals surface area contributed by atoms with Crippen molar-refractivity contribution in [3.05, 3.63) is 39.3 Å². The molecular formula is C13H12Br3N3. The highest BCUT2D eigenvalue weighted by Crippen LogP contribution is 2.36. The van der Waals surface area contributed by atoms with Gasteiger partial charge in [-0.25, -0.2) is 4.99 Å². The fourth-order valence-corrected chi connectivity index (χ4v) is 3.52. The van der Waals surface area contributed by atoms with Crippen LogP contribution in [0.1, 0.15) is 0 Å². The second-order valence-corrected chi connectivity index (χ2v) is 5.85. The Labute approximate surface area is 138 Å². The highest BCUT2D eigenvalue weighted by atomic mass is 79.9. The van der Waals surface area contributed by atoms with Gasteiger partial charge in [0.2, 0.25) is 0 Å². The summed E-state index contributed by atoms with van der Waals surface area (Å²) < 4.78 is 2.13. The van der Waals surface area contributed by atoms with Crippen LogP contribution in [-0.2, 0) is 0 Å². The van der Waals surface area contributed by atoms with Crippen LogP contribution in [0.4, 0.5) is 5.69 Å². The number of rotatable bonds is 1. The van der Waals surface area contributed by atoms with E-state index in [1.807, 2.05) is 12.1 Å². The van der Waals surface area contributed by atoms with Crippen molar-refractivity contribution in [1.29, 1.82) is 0 Å². The van der Waals surface area contributed by atoms with Gasteiger partial charge in [0.1, 0.15) is 6.54 Å². The van der Waals surface area contributed by atoms with Crippen LogP contribution in [0.2, 0.25) is 0 Å². The van der Waals surface area contributed by atoms with Gasteiger partial charge in [0.05, 0.1) is 12.2 Å². The van der Waals surface area contributed by atoms with Gasteiger partial charge in [0.15, 0.2) is 0 Å². The summed E-state index contributed by atoms with van der Waals surface area (Å²) >= 11 is 7.21. The first-order valence-electron chi connectivity index (χ1n) is 5.77. The molecule has 1 heterocycles. The SMILES string of the molecule is Brc1cc(Br)c2ccccc2c1NC1=NCC[NH2+]1.[Br-]. The van der Waals surface area contributed by atoms with Gasteiger partial charge in [-0.05, 0) is 27.4 Å². The predicted octanol–water partition coefficient (Wildman–Crippen LogP) is -0.286. The molecule has 0 aliphatic carbocycles. The van der Waals surface area contributed by atoms with Gasteiger partial charge in [0, 0.05) is 14.3 Å². The van der Waals surface area contributed by atoms with Crippen molar-refractivity contribution in [3.8, 4) is 0 Å². The number of halogens is 3. The first-order valence-corrected chi connectivity index (χ1v) is 7.36. The van der Waals surface area contributed by atoms with Crippen molar-refractivity contribution in [3.63, 3.8) is 0 Å². The molecule has 0 radical (unpaired) electrons. The quantitative estimate of drug-likeness (QED) is 0.617. The van der Waals surface area contributed by atoms with Crippen LogP contribution in [0.25, 0.3) is 10.8 Å². The summed E-state index contributed by atoms with van der Waals surface area (Å²) in [6.45, 7) is 1.91. The minimum Gasteiger partial charge on any atom is -1.00 e. The van der Waals surface area contributed by atoms with Crippen LogP contribution < -0.4 is 27.6 Å². The second kappa shape index (κ2) is 6.35. The predicted molar refractivity (Wildman–Crippen MR) is 82.1 cm³/mol. The smallest absolute Gasteiger partial charge is 0.299 e. The number of aliphatic imine (C=N–C) groups is 1. The lowest BCUT2D eigenvalue weighted by Crippen LogP contribution is -3.00. The molecule has 1 aliphatic heterocycles. The summed E-state index contributed by atoms with van der Waals surface area (Å²) in [6, 6.07) is 10.4. The molecule has 3 nitrogen and oxygen atoms in total. The maximum absolute atomic E-state index is 4.42. The molecule has 2 aromatic carbocycles. The molecule has 3 rings (SSSR count). The minimum absolute atomic E-state index is 0. The van der Waals surface area contributed by atoms with Crippen molar-refractivity contribution in [2.24, 2.45) is 4.99 Å². The Bertz CT molecular complexity index is 640. The fourth-order valence-electron chi connectivity index (χ4n) is 2.10. The molecule has 0 bridgehead atoms. The number of anilines is 1. The van der Waals surface area contributed by atoms with Crippen molar-refractivity contribution in [2.75, 3.05) is 18.4 Å². The third-order valence-corrected chi connectivity index (χ3v) is 4.23. The second-order valence-electron chi connectivity index (χ2n) is 4.15. The van der Waals surface area contributed by atoms with Gasteiger partial charge >= 0.3 is 0 Å². The third kappa shape index (κ3) is 3.02. The van der Waals surface area contributed by atoms with E-state index in [4.69, 9.17) is 0 Å². The molecule has 100 valence electrons. The van der Waals surface area contributed by atoms with E-state index < -0.39 is 0 Å². The summed E-state index contributed by atoms with van der Waals surface area (Å²) in [6.07, 6.45) is 0. The van der Waals surface area contributed by atoms with Crippen molar-refractivity contribution >= 4 is 54.3 Å². The van der Waals surface area contributed by atoms with Crippen LogP contribution in [0.3, 0.4) is 0 Å². The van der Waals surface area contributed by atoms with Crippen LogP contribution in [0, 0.1) is 0 Å². The van der Waals surface area contributed by atoms with Crippen LogP contribution >= 0.6 is 31.9 Å². The summed E-state index contributed by atoms with van der Waals surface area (Å²) in [7, 11) is 0. The molecule has 0 amide bonds. The molecule has 0 aromatic heterocycles. The average Bonchev–Trinajstić information content (AvgIpc) is 2.87. The molecular weight excluding hydrogens is 438 g/mol. The van der Waals surface area contributed by atoms with Crippen molar-refractivity contribution < 1.29 is 22.3 Å². The van der Waals surface area contributed by atoms with E-state index in [0.29, 0.717) is 0 Å². The Balaban J connectivity index is 0.00000133. The number of quaternary nitrogens is 1. The van der Waals surface area contributed by atoms with E-state index in [2.05, 4.69) is 65.7 Å². The van der Waals surface area contributed by atoms with E-state index in [0.717, 1.165) is 33.7 Å². The zero-order chi connectivity index (χ0) is 12.5. The minimum atomic E-state index is 0. The Morgan fingerprint density at radius 3 is 2.53 bits per heavy atom. The zero-order valence-corrected chi connectivity index (χ0v) is 14.7. The van der Waals surface area contributed by atoms with E-state index in [1.165, 1.54) is 10.8 Å². The van der Waals surface area contributed by atoms with Gasteiger partial charge in [-0.15, -0.1) is 0 Å². The first kappa shape index (κ1) is 15.0. The van der Waals surface area contributed by atoms with Crippen molar-refractivity contribution in [1.82, 2.24) is 0 Å². The Morgan fingerprint density at radius 2 is 1.84 bits per heavy atom. The molecule has 2 aromatic rings. The van der Waals surface area contributed by atoms with Crippen LogP contribution in [-0.4, -0.2) is 19.0 Å². The lowest BCUT2D eigenvalue weighted by molar-refractivity contribution is -0.527. The van der Waals surface area contributed by atoms with Gasteiger partial charge in [-0.1, -0.05) is 40.2 Å². The fraction of sp³-hybridized carbons (Fsp3) is 0.154. The van der Waals surface area contributed by atoms with E-state index >= 15 is 0 Å². The van der Waals surface area contributed by atoms with Crippen LogP contribution in [0.5, 0.6) is 0 Å². The summed E-state index contributed by atoms with van der Waals surface area (Å²) in [5.41, 5.74) is 1.07. The Hall–Kier alpha value is -0.430. The number of guanidine groups is 1. The molecule has 6 heteroatoms. The van der Waals surface area contributed by atoms with E-state index in [1.54, 1.807) is 0 Å². The number of hydrogen-bond acceptors (Lipinski definition) is 2. The molecule has 3 N–H and O–H groups in total. The molecule has 0 fully saturated rings. The highest BCUT2D eigenvalue weighted by molar-refractivity contribution is 9.11. The lowest BCUT2D eigenvalue weighted by Gasteiger charge is -2.11. The Kier molecular flexibility index (Phi) is 5.00. The number of nitrogens with two attached hydrogens (primary N) is 1. The number of nitrogens with zero attached hydrogens (tertiary/aromatic N) is 1. The maximum Gasteiger partial charge on any atom is 0.299 e. The number of hydrogen-bond donors (Lipinski definition) is 2. The van der Waals surface area contributed by atoms with Crippen molar-refractivity contribution in [2.45, 2.75) is 0 Å². The molecule has 0 unspecified atom stereocenters. The standard InChI is InChI=1S/C13H11Br2N3.BrH/c14-10-7-11(15)12(18-13-16-5-6-17-13)9-4-2-1-3-8(9)10;/h1-4,7H,5-6H2,(H2,16,17,18);1H. The largest absolute Gasteiger partial charge is 1.00 e. The Morgan fingerprint density at radius 1 is 1.11 bits per heavy atom. The third-order valence-electron chi connectivity index (χ3n) is 2.95. The summed E-state index contributed by atoms with van der Waals surface area (Å²) in [5, 5.41) is 7.91. The summed E-state index contributed by atoms with van der Waals surface area (Å²) in [5.74, 6) is 0.961. The van der Waals surface area contributed by atoms with Gasteiger partial charge < -0.3 is 17.0 Å². The van der Waals surface area contributed by atoms with E-state index in [-0.39, 0.29) is 17.0 Å². The molecule has 19 heavy (non-hydrogen) atoms. The highest BCUT2D eigenvalue weighted by Gasteiger charge is 2.15. The van der Waals surface area contributed by atoms with Gasteiger partial charge in [0.25, 0.3) is 5.96 Å². The van der Waals surface area contributed by atoms with Gasteiger partial charge in [-0.2, -0.15) is 0 Å². The number of nitrogens with one attached hydrogen (secondary N) is 1.